The average Bonchev–Trinajstić information content (AvgIpc) is 3.23. The summed E-state index contributed by atoms with van der Waals surface area (Å²) in [6.45, 7) is 5.42. The minimum absolute atomic E-state index is 0.0403. The molecule has 32 heavy (non-hydrogen) atoms. The molecule has 164 valence electrons. The van der Waals surface area contributed by atoms with Crippen molar-refractivity contribution in [2.45, 2.75) is 25.8 Å². The van der Waals surface area contributed by atoms with Crippen LogP contribution in [0.15, 0.2) is 49.1 Å². The van der Waals surface area contributed by atoms with E-state index in [1.165, 1.54) is 0 Å². The number of rotatable bonds is 4. The van der Waals surface area contributed by atoms with Crippen molar-refractivity contribution in [2.24, 2.45) is 13.0 Å². The Balaban J connectivity index is 1.31. The lowest BCUT2D eigenvalue weighted by atomic mass is 9.92. The Hall–Kier alpha value is -3.19. The Labute approximate surface area is 191 Å². The summed E-state index contributed by atoms with van der Waals surface area (Å²) in [5.74, 6) is 0.730. The third kappa shape index (κ3) is 3.28. The van der Waals surface area contributed by atoms with Gasteiger partial charge < -0.3 is 9.47 Å². The minimum atomic E-state index is -0.528. The number of anilines is 1. The molecule has 0 spiro atoms. The number of aromatic nitrogens is 3. The number of likely N-dealkylation sites (tertiary alicyclic amines) is 1. The molecule has 2 aliphatic rings. The Morgan fingerprint density at radius 2 is 2.00 bits per heavy atom. The van der Waals surface area contributed by atoms with Crippen molar-refractivity contribution in [3.05, 3.63) is 76.6 Å². The van der Waals surface area contributed by atoms with Gasteiger partial charge in [0, 0.05) is 49.3 Å². The zero-order chi connectivity index (χ0) is 22.6. The lowest BCUT2D eigenvalue weighted by molar-refractivity contribution is 0.0484. The standard InChI is InChI=1S/C24H24ClN5O2/c1-24(2)20-10-17(25)4-5-19(20)22(31)30(24)18-9-15(11-26-12-18)8-16-13-29(14-16)23(32)21-27-6-7-28(21)3/h4-7,9-12,16H,8,13-14H2,1-3H3. The summed E-state index contributed by atoms with van der Waals surface area (Å²) in [4.78, 5) is 37.9. The maximum Gasteiger partial charge on any atom is 0.289 e. The fraction of sp³-hybridized carbons (Fsp3) is 0.333. The molecule has 0 atom stereocenters. The number of hydrogen-bond acceptors (Lipinski definition) is 4. The molecular formula is C24H24ClN5O2. The highest BCUT2D eigenvalue weighted by molar-refractivity contribution is 6.31. The van der Waals surface area contributed by atoms with Crippen molar-refractivity contribution in [2.75, 3.05) is 18.0 Å². The normalized spacial score (nSPS) is 17.4. The molecule has 1 fully saturated rings. The molecule has 5 rings (SSSR count). The fourth-order valence-electron chi connectivity index (χ4n) is 4.76. The van der Waals surface area contributed by atoms with Crippen LogP contribution in [0, 0.1) is 5.92 Å². The third-order valence-corrected chi connectivity index (χ3v) is 6.69. The maximum atomic E-state index is 13.2. The first-order valence-corrected chi connectivity index (χ1v) is 11.0. The number of imidazole rings is 1. The third-order valence-electron chi connectivity index (χ3n) is 6.45. The summed E-state index contributed by atoms with van der Waals surface area (Å²) in [6.07, 6.45) is 7.77. The summed E-state index contributed by atoms with van der Waals surface area (Å²) in [5, 5.41) is 0.618. The predicted molar refractivity (Wildman–Crippen MR) is 122 cm³/mol. The molecule has 0 bridgehead atoms. The van der Waals surface area contributed by atoms with E-state index in [2.05, 4.69) is 9.97 Å². The molecule has 0 unspecified atom stereocenters. The van der Waals surface area contributed by atoms with Gasteiger partial charge in [-0.15, -0.1) is 0 Å². The smallest absolute Gasteiger partial charge is 0.289 e. The quantitative estimate of drug-likeness (QED) is 0.609. The fourth-order valence-corrected chi connectivity index (χ4v) is 4.94. The second-order valence-electron chi connectivity index (χ2n) is 9.08. The van der Waals surface area contributed by atoms with E-state index in [4.69, 9.17) is 11.6 Å². The predicted octanol–water partition coefficient (Wildman–Crippen LogP) is 3.68. The van der Waals surface area contributed by atoms with Gasteiger partial charge in [-0.2, -0.15) is 0 Å². The maximum absolute atomic E-state index is 13.2. The number of benzene rings is 1. The van der Waals surface area contributed by atoms with Gasteiger partial charge in [0.25, 0.3) is 11.8 Å². The van der Waals surface area contributed by atoms with Gasteiger partial charge in [0.15, 0.2) is 5.82 Å². The zero-order valence-corrected chi connectivity index (χ0v) is 19.0. The number of fused-ring (bicyclic) bond motifs is 1. The molecule has 1 saturated heterocycles. The van der Waals surface area contributed by atoms with E-state index in [1.54, 1.807) is 40.2 Å². The first-order chi connectivity index (χ1) is 15.3. The number of amides is 2. The molecular weight excluding hydrogens is 426 g/mol. The van der Waals surface area contributed by atoms with Crippen LogP contribution >= 0.6 is 11.6 Å². The Morgan fingerprint density at radius 3 is 2.72 bits per heavy atom. The Bertz CT molecular complexity index is 1230. The molecule has 3 aromatic rings. The molecule has 0 saturated carbocycles. The molecule has 8 heteroatoms. The van der Waals surface area contributed by atoms with E-state index in [0.717, 1.165) is 23.2 Å². The molecule has 2 aromatic heterocycles. The molecule has 0 N–H and O–H groups in total. The first-order valence-electron chi connectivity index (χ1n) is 10.6. The molecule has 1 aromatic carbocycles. The number of hydrogen-bond donors (Lipinski definition) is 0. The lowest BCUT2D eigenvalue weighted by Gasteiger charge is -2.39. The summed E-state index contributed by atoms with van der Waals surface area (Å²) in [5.41, 5.74) is 2.88. The van der Waals surface area contributed by atoms with Gasteiger partial charge in [-0.3, -0.25) is 19.5 Å². The van der Waals surface area contributed by atoms with Crippen molar-refractivity contribution in [3.63, 3.8) is 0 Å². The summed E-state index contributed by atoms with van der Waals surface area (Å²) < 4.78 is 1.74. The van der Waals surface area contributed by atoms with Gasteiger partial charge in [0.1, 0.15) is 0 Å². The van der Waals surface area contributed by atoms with E-state index in [0.29, 0.717) is 35.4 Å². The van der Waals surface area contributed by atoms with Gasteiger partial charge >= 0.3 is 0 Å². The van der Waals surface area contributed by atoms with Gasteiger partial charge in [-0.1, -0.05) is 11.6 Å². The average molecular weight is 450 g/mol. The number of carbonyl (C=O) groups is 2. The highest BCUT2D eigenvalue weighted by Gasteiger charge is 2.44. The van der Waals surface area contributed by atoms with Gasteiger partial charge in [-0.05, 0) is 61.6 Å². The van der Waals surface area contributed by atoms with Gasteiger partial charge in [0.05, 0.1) is 17.4 Å². The van der Waals surface area contributed by atoms with Crippen molar-refractivity contribution in [1.29, 1.82) is 0 Å². The monoisotopic (exact) mass is 449 g/mol. The van der Waals surface area contributed by atoms with Crippen LogP contribution < -0.4 is 4.90 Å². The molecule has 0 radical (unpaired) electrons. The molecule has 2 amide bonds. The van der Waals surface area contributed by atoms with Crippen molar-refractivity contribution < 1.29 is 9.59 Å². The number of nitrogens with zero attached hydrogens (tertiary/aromatic N) is 5. The van der Waals surface area contributed by atoms with Crippen LogP contribution in [0.1, 0.15) is 46.0 Å². The topological polar surface area (TPSA) is 71.3 Å². The van der Waals surface area contributed by atoms with Crippen LogP contribution in [0.5, 0.6) is 0 Å². The summed E-state index contributed by atoms with van der Waals surface area (Å²) >= 11 is 6.20. The van der Waals surface area contributed by atoms with E-state index < -0.39 is 5.54 Å². The molecule has 4 heterocycles. The van der Waals surface area contributed by atoms with Gasteiger partial charge in [0.2, 0.25) is 0 Å². The molecule has 7 nitrogen and oxygen atoms in total. The summed E-state index contributed by atoms with van der Waals surface area (Å²) in [6, 6.07) is 7.44. The van der Waals surface area contributed by atoms with E-state index in [1.807, 2.05) is 44.1 Å². The highest BCUT2D eigenvalue weighted by Crippen LogP contribution is 2.42. The molecule has 0 aliphatic carbocycles. The van der Waals surface area contributed by atoms with Crippen LogP contribution in [0.2, 0.25) is 5.02 Å². The highest BCUT2D eigenvalue weighted by atomic mass is 35.5. The lowest BCUT2D eigenvalue weighted by Crippen LogP contribution is -2.51. The van der Waals surface area contributed by atoms with Crippen LogP contribution in [-0.2, 0) is 19.0 Å². The van der Waals surface area contributed by atoms with Crippen molar-refractivity contribution >= 4 is 29.1 Å². The largest absolute Gasteiger partial charge is 0.335 e. The van der Waals surface area contributed by atoms with Crippen LogP contribution in [-0.4, -0.2) is 44.3 Å². The minimum Gasteiger partial charge on any atom is -0.335 e. The van der Waals surface area contributed by atoms with Crippen LogP contribution in [0.3, 0.4) is 0 Å². The first kappa shape index (κ1) is 20.7. The SMILES string of the molecule is Cn1ccnc1C(=O)N1CC(Cc2cncc(N3C(=O)c4ccc(Cl)cc4C3(C)C)c2)C1. The van der Waals surface area contributed by atoms with E-state index in [9.17, 15) is 9.59 Å². The second kappa shape index (κ2) is 7.45. The zero-order valence-electron chi connectivity index (χ0n) is 18.2. The molecule has 2 aliphatic heterocycles. The second-order valence-corrected chi connectivity index (χ2v) is 9.52. The van der Waals surface area contributed by atoms with E-state index >= 15 is 0 Å². The summed E-state index contributed by atoms with van der Waals surface area (Å²) in [7, 11) is 1.82. The Morgan fingerprint density at radius 1 is 1.22 bits per heavy atom. The van der Waals surface area contributed by atoms with Crippen molar-refractivity contribution in [3.8, 4) is 0 Å². The van der Waals surface area contributed by atoms with E-state index in [-0.39, 0.29) is 11.8 Å². The van der Waals surface area contributed by atoms with Crippen LogP contribution in [0.4, 0.5) is 5.69 Å². The number of aryl methyl sites for hydroxylation is 1. The number of halogens is 1. The van der Waals surface area contributed by atoms with Crippen molar-refractivity contribution in [1.82, 2.24) is 19.4 Å². The Kier molecular flexibility index (Phi) is 4.82. The van der Waals surface area contributed by atoms with Gasteiger partial charge in [-0.25, -0.2) is 4.98 Å². The number of carbonyl (C=O) groups excluding carboxylic acids is 2. The van der Waals surface area contributed by atoms with Crippen LogP contribution in [0.25, 0.3) is 0 Å². The number of pyridine rings is 1.